The molecule has 13 heavy (non-hydrogen) atoms. The van der Waals surface area contributed by atoms with E-state index in [0.29, 0.717) is 6.04 Å². The number of hydrogen-bond donors (Lipinski definition) is 1. The molecule has 1 unspecified atom stereocenters. The van der Waals surface area contributed by atoms with Crippen LogP contribution in [0.5, 0.6) is 0 Å². The van der Waals surface area contributed by atoms with Gasteiger partial charge in [0.2, 0.25) is 0 Å². The molecule has 2 heteroatoms. The van der Waals surface area contributed by atoms with Gasteiger partial charge in [0.25, 0.3) is 0 Å². The first-order valence-corrected chi connectivity index (χ1v) is 5.25. The van der Waals surface area contributed by atoms with Crippen molar-refractivity contribution in [2.24, 2.45) is 22.1 Å². The van der Waals surface area contributed by atoms with Gasteiger partial charge in [-0.25, -0.2) is 0 Å². The van der Waals surface area contributed by atoms with Crippen LogP contribution in [-0.2, 0) is 0 Å². The number of hydrogen-bond acceptors (Lipinski definition) is 1. The predicted octanol–water partition coefficient (Wildman–Crippen LogP) is 2.58. The third-order valence-electron chi connectivity index (χ3n) is 2.94. The van der Waals surface area contributed by atoms with Crippen LogP contribution in [0.1, 0.15) is 47.0 Å². The fourth-order valence-electron chi connectivity index (χ4n) is 1.44. The predicted molar refractivity (Wildman–Crippen MR) is 57.9 cm³/mol. The smallest absolute Gasteiger partial charge is 0.0994 e. The van der Waals surface area contributed by atoms with Gasteiger partial charge in [-0.1, -0.05) is 27.2 Å². The molecule has 2 nitrogen and oxygen atoms in total. The summed E-state index contributed by atoms with van der Waals surface area (Å²) in [5, 5.41) is 0. The lowest BCUT2D eigenvalue weighted by molar-refractivity contribution is 0.273. The van der Waals surface area contributed by atoms with Crippen molar-refractivity contribution in [3.63, 3.8) is 0 Å². The average Bonchev–Trinajstić information content (AvgIpc) is 1.79. The molecule has 0 radical (unpaired) electrons. The van der Waals surface area contributed by atoms with Crippen molar-refractivity contribution in [3.05, 3.63) is 0 Å². The number of aliphatic imine (C=N–C) groups is 1. The molecule has 0 spiro atoms. The average molecular weight is 182 g/mol. The Balaban J connectivity index is 2.53. The zero-order valence-electron chi connectivity index (χ0n) is 9.30. The fraction of sp³-hybridized carbons (Fsp3) is 0.909. The van der Waals surface area contributed by atoms with Crippen molar-refractivity contribution in [1.82, 2.24) is 0 Å². The highest BCUT2D eigenvalue weighted by molar-refractivity contribution is 5.85. The standard InChI is InChI=1S/C11H22N2/c1-8(9-6-5-7-9)13-10(12)11(2,3)4/h8-9H,5-7H2,1-4H3,(H2,12,13). The molecule has 0 bridgehead atoms. The first-order valence-electron chi connectivity index (χ1n) is 5.25. The SMILES string of the molecule is CC(N=C(N)C(C)(C)C)C1CCC1. The minimum Gasteiger partial charge on any atom is -0.387 e. The van der Waals surface area contributed by atoms with Crippen molar-refractivity contribution < 1.29 is 0 Å². The Bertz CT molecular complexity index is 197. The highest BCUT2D eigenvalue weighted by Crippen LogP contribution is 2.31. The van der Waals surface area contributed by atoms with Gasteiger partial charge in [-0.05, 0) is 25.7 Å². The Morgan fingerprint density at radius 1 is 1.38 bits per heavy atom. The minimum atomic E-state index is 0.0258. The summed E-state index contributed by atoms with van der Waals surface area (Å²) in [6, 6.07) is 0.424. The Hall–Kier alpha value is -0.530. The maximum absolute atomic E-state index is 5.92. The Morgan fingerprint density at radius 2 is 1.92 bits per heavy atom. The van der Waals surface area contributed by atoms with Crippen LogP contribution in [0.15, 0.2) is 4.99 Å². The molecule has 1 rings (SSSR count). The topological polar surface area (TPSA) is 38.4 Å². The summed E-state index contributed by atoms with van der Waals surface area (Å²) in [4.78, 5) is 4.56. The van der Waals surface area contributed by atoms with Crippen LogP contribution < -0.4 is 5.73 Å². The van der Waals surface area contributed by atoms with Gasteiger partial charge in [-0.3, -0.25) is 4.99 Å². The van der Waals surface area contributed by atoms with E-state index in [9.17, 15) is 0 Å². The molecule has 0 heterocycles. The molecule has 0 aliphatic heterocycles. The molecule has 0 aromatic heterocycles. The van der Waals surface area contributed by atoms with Crippen molar-refractivity contribution in [3.8, 4) is 0 Å². The van der Waals surface area contributed by atoms with Gasteiger partial charge in [0.05, 0.1) is 11.9 Å². The highest BCUT2D eigenvalue weighted by atomic mass is 14.9. The molecule has 1 saturated carbocycles. The fourth-order valence-corrected chi connectivity index (χ4v) is 1.44. The van der Waals surface area contributed by atoms with E-state index < -0.39 is 0 Å². The number of nitrogens with two attached hydrogens (primary N) is 1. The number of nitrogens with zero attached hydrogens (tertiary/aromatic N) is 1. The van der Waals surface area contributed by atoms with Gasteiger partial charge in [0.15, 0.2) is 0 Å². The van der Waals surface area contributed by atoms with Crippen LogP contribution in [0, 0.1) is 11.3 Å². The van der Waals surface area contributed by atoms with E-state index in [4.69, 9.17) is 5.73 Å². The summed E-state index contributed by atoms with van der Waals surface area (Å²) in [5.41, 5.74) is 5.94. The Labute approximate surface area is 81.6 Å². The minimum absolute atomic E-state index is 0.0258. The molecular weight excluding hydrogens is 160 g/mol. The molecule has 0 saturated heterocycles. The van der Waals surface area contributed by atoms with E-state index in [1.165, 1.54) is 19.3 Å². The molecule has 76 valence electrons. The first-order chi connectivity index (χ1) is 5.91. The molecule has 0 amide bonds. The van der Waals surface area contributed by atoms with E-state index >= 15 is 0 Å². The van der Waals surface area contributed by atoms with Crippen LogP contribution in [-0.4, -0.2) is 11.9 Å². The van der Waals surface area contributed by atoms with E-state index in [-0.39, 0.29) is 5.41 Å². The van der Waals surface area contributed by atoms with Crippen molar-refractivity contribution in [2.45, 2.75) is 53.0 Å². The summed E-state index contributed by atoms with van der Waals surface area (Å²) in [7, 11) is 0. The molecule has 0 aromatic rings. The van der Waals surface area contributed by atoms with E-state index in [0.717, 1.165) is 11.8 Å². The van der Waals surface area contributed by atoms with E-state index in [1.54, 1.807) is 0 Å². The van der Waals surface area contributed by atoms with Gasteiger partial charge in [-0.15, -0.1) is 0 Å². The lowest BCUT2D eigenvalue weighted by Gasteiger charge is -2.30. The number of rotatable bonds is 2. The van der Waals surface area contributed by atoms with Crippen molar-refractivity contribution >= 4 is 5.84 Å². The van der Waals surface area contributed by atoms with Crippen LogP contribution in [0.25, 0.3) is 0 Å². The molecule has 1 aliphatic carbocycles. The van der Waals surface area contributed by atoms with Gasteiger partial charge in [0, 0.05) is 5.41 Å². The second-order valence-electron chi connectivity index (χ2n) is 5.20. The maximum atomic E-state index is 5.92. The summed E-state index contributed by atoms with van der Waals surface area (Å²) in [5.74, 6) is 1.59. The maximum Gasteiger partial charge on any atom is 0.0994 e. The molecule has 1 fully saturated rings. The van der Waals surface area contributed by atoms with E-state index in [1.807, 2.05) is 0 Å². The van der Waals surface area contributed by atoms with Crippen molar-refractivity contribution in [2.75, 3.05) is 0 Å². The van der Waals surface area contributed by atoms with Crippen molar-refractivity contribution in [1.29, 1.82) is 0 Å². The third-order valence-corrected chi connectivity index (χ3v) is 2.94. The molecule has 1 aliphatic rings. The van der Waals surface area contributed by atoms with Crippen LogP contribution in [0.3, 0.4) is 0 Å². The second-order valence-corrected chi connectivity index (χ2v) is 5.20. The molecule has 2 N–H and O–H groups in total. The molecule has 1 atom stereocenters. The normalized spacial score (nSPS) is 22.6. The monoisotopic (exact) mass is 182 g/mol. The third kappa shape index (κ3) is 2.71. The second kappa shape index (κ2) is 3.69. The van der Waals surface area contributed by atoms with Gasteiger partial charge < -0.3 is 5.73 Å². The van der Waals surface area contributed by atoms with Gasteiger partial charge in [0.1, 0.15) is 0 Å². The summed E-state index contributed by atoms with van der Waals surface area (Å²) in [6.45, 7) is 8.51. The lowest BCUT2D eigenvalue weighted by atomic mass is 9.80. The number of amidine groups is 1. The van der Waals surface area contributed by atoms with Gasteiger partial charge >= 0.3 is 0 Å². The zero-order valence-corrected chi connectivity index (χ0v) is 9.30. The summed E-state index contributed by atoms with van der Waals surface area (Å²) >= 11 is 0. The van der Waals surface area contributed by atoms with E-state index in [2.05, 4.69) is 32.7 Å². The quantitative estimate of drug-likeness (QED) is 0.517. The molecular formula is C11H22N2. The first kappa shape index (κ1) is 10.6. The highest BCUT2D eigenvalue weighted by Gasteiger charge is 2.25. The van der Waals surface area contributed by atoms with Crippen LogP contribution in [0.2, 0.25) is 0 Å². The largest absolute Gasteiger partial charge is 0.387 e. The molecule has 0 aromatic carbocycles. The van der Waals surface area contributed by atoms with Crippen LogP contribution >= 0.6 is 0 Å². The Morgan fingerprint density at radius 3 is 2.23 bits per heavy atom. The summed E-state index contributed by atoms with van der Waals surface area (Å²) in [6.07, 6.45) is 4.05. The van der Waals surface area contributed by atoms with Crippen LogP contribution in [0.4, 0.5) is 0 Å². The Kier molecular flexibility index (Phi) is 2.99. The lowest BCUT2D eigenvalue weighted by Crippen LogP contribution is -2.33. The van der Waals surface area contributed by atoms with Gasteiger partial charge in [-0.2, -0.15) is 0 Å². The summed E-state index contributed by atoms with van der Waals surface area (Å²) < 4.78 is 0. The zero-order chi connectivity index (χ0) is 10.1.